The molecule has 2 aliphatic heterocycles. The number of likely N-dealkylation sites (tertiary alicyclic amines) is 1. The molecule has 2 aromatic rings. The van der Waals surface area contributed by atoms with Crippen molar-refractivity contribution in [2.75, 3.05) is 26.2 Å². The average Bonchev–Trinajstić information content (AvgIpc) is 2.96. The lowest BCUT2D eigenvalue weighted by molar-refractivity contribution is -0.0351. The Morgan fingerprint density at radius 1 is 1.12 bits per heavy atom. The van der Waals surface area contributed by atoms with Crippen molar-refractivity contribution in [3.8, 4) is 0 Å². The molecule has 1 aromatic carbocycles. The monoisotopic (exact) mass is 527 g/mol. The van der Waals surface area contributed by atoms with Crippen LogP contribution < -0.4 is 10.8 Å². The van der Waals surface area contributed by atoms with E-state index in [1.165, 1.54) is 35.2 Å². The summed E-state index contributed by atoms with van der Waals surface area (Å²) in [6.07, 6.45) is 8.76. The minimum absolute atomic E-state index is 0.173. The molecule has 174 valence electrons. The zero-order valence-corrected chi connectivity index (χ0v) is 21.4. The van der Waals surface area contributed by atoms with Gasteiger partial charge in [-0.1, -0.05) is 23.1 Å². The molecule has 2 radical (unpaired) electrons. The molecule has 2 atom stereocenters. The number of halogens is 2. The van der Waals surface area contributed by atoms with Crippen molar-refractivity contribution in [1.29, 1.82) is 0 Å². The van der Waals surface area contributed by atoms with E-state index in [0.717, 1.165) is 68.2 Å². The Morgan fingerprint density at radius 3 is 2.61 bits per heavy atom. The lowest BCUT2D eigenvalue weighted by atomic mass is 9.72. The highest BCUT2D eigenvalue weighted by Gasteiger charge is 2.36. The third-order valence-corrected chi connectivity index (χ3v) is 8.62. The number of aromatic nitrogens is 1. The summed E-state index contributed by atoms with van der Waals surface area (Å²) in [5.41, 5.74) is 5.73. The second-order valence-electron chi connectivity index (χ2n) is 10.0. The molecule has 0 amide bonds. The van der Waals surface area contributed by atoms with E-state index < -0.39 is 0 Å². The Morgan fingerprint density at radius 2 is 1.85 bits per heavy atom. The fraction of sp³-hybridized carbons (Fsp3) is 0.577. The van der Waals surface area contributed by atoms with E-state index in [1.807, 2.05) is 12.3 Å². The van der Waals surface area contributed by atoms with Crippen LogP contribution in [-0.4, -0.2) is 55.2 Å². The smallest absolute Gasteiger partial charge is 0.114 e. The van der Waals surface area contributed by atoms with Gasteiger partial charge in [0.05, 0.1) is 5.69 Å². The van der Waals surface area contributed by atoms with Crippen molar-refractivity contribution in [2.45, 2.75) is 57.1 Å². The number of hydrogen-bond donors (Lipinski definition) is 2. The molecule has 2 unspecified atom stereocenters. The fourth-order valence-corrected chi connectivity index (χ4v) is 6.86. The quantitative estimate of drug-likeness (QED) is 0.591. The number of benzene rings is 1. The number of piperidine rings is 2. The van der Waals surface area contributed by atoms with Crippen LogP contribution in [0.1, 0.15) is 60.4 Å². The van der Waals surface area contributed by atoms with Crippen molar-refractivity contribution in [3.63, 3.8) is 0 Å². The summed E-state index contributed by atoms with van der Waals surface area (Å²) in [4.78, 5) is 7.21. The van der Waals surface area contributed by atoms with E-state index in [4.69, 9.17) is 24.4 Å². The van der Waals surface area contributed by atoms with Gasteiger partial charge in [0.25, 0.3) is 0 Å². The fourth-order valence-electron chi connectivity index (χ4n) is 6.24. The molecule has 7 heteroatoms. The third kappa shape index (κ3) is 5.20. The van der Waals surface area contributed by atoms with Gasteiger partial charge in [0.1, 0.15) is 14.1 Å². The number of pyridine rings is 1. The summed E-state index contributed by atoms with van der Waals surface area (Å²) in [5, 5.41) is 15.1. The van der Waals surface area contributed by atoms with E-state index >= 15 is 0 Å². The average molecular weight is 529 g/mol. The second-order valence-corrected chi connectivity index (χ2v) is 11.4. The standard InChI is InChI=1S/C26H32BBrClN3O/c27-22-14-21(29)13-18-1-2-19-12-20(28)15-31-26(19)25(24(18)22)17-5-9-32(10-6-17)23(33)11-16-3-7-30-8-4-16/h12-17,23,25,30,33H,1-11H2. The Hall–Kier alpha value is -0.915. The van der Waals surface area contributed by atoms with Gasteiger partial charge in [-0.3, -0.25) is 9.88 Å². The Bertz CT molecular complexity index is 992. The first kappa shape index (κ1) is 23.8. The summed E-state index contributed by atoms with van der Waals surface area (Å²) in [5.74, 6) is 1.25. The maximum atomic E-state index is 10.9. The summed E-state index contributed by atoms with van der Waals surface area (Å²) in [6.45, 7) is 3.99. The molecule has 1 aliphatic carbocycles. The van der Waals surface area contributed by atoms with E-state index in [0.29, 0.717) is 16.9 Å². The van der Waals surface area contributed by atoms with Gasteiger partial charge in [0, 0.05) is 34.7 Å². The number of aliphatic hydroxyl groups excluding tert-OH is 1. The first-order valence-electron chi connectivity index (χ1n) is 12.3. The molecule has 3 heterocycles. The van der Waals surface area contributed by atoms with Crippen LogP contribution in [-0.2, 0) is 12.8 Å². The van der Waals surface area contributed by atoms with Crippen LogP contribution in [0.2, 0.25) is 5.02 Å². The molecule has 33 heavy (non-hydrogen) atoms. The van der Waals surface area contributed by atoms with Crippen LogP contribution in [0.25, 0.3) is 0 Å². The molecule has 2 N–H and O–H groups in total. The number of hydrogen-bond acceptors (Lipinski definition) is 4. The number of nitrogens with one attached hydrogen (secondary N) is 1. The minimum atomic E-state index is -0.333. The number of aryl methyl sites for hydroxylation is 2. The molecule has 0 bridgehead atoms. The zero-order chi connectivity index (χ0) is 22.9. The highest BCUT2D eigenvalue weighted by atomic mass is 79.9. The van der Waals surface area contributed by atoms with Gasteiger partial charge in [-0.25, -0.2) is 0 Å². The molecule has 4 nitrogen and oxygen atoms in total. The third-order valence-electron chi connectivity index (χ3n) is 7.97. The summed E-state index contributed by atoms with van der Waals surface area (Å²) < 4.78 is 1.02. The van der Waals surface area contributed by atoms with Crippen LogP contribution in [0.5, 0.6) is 0 Å². The van der Waals surface area contributed by atoms with E-state index in [2.05, 4.69) is 38.3 Å². The Balaban J connectivity index is 1.38. The van der Waals surface area contributed by atoms with Crippen molar-refractivity contribution in [1.82, 2.24) is 15.2 Å². The van der Waals surface area contributed by atoms with E-state index in [-0.39, 0.29) is 12.1 Å². The maximum Gasteiger partial charge on any atom is 0.114 e. The van der Waals surface area contributed by atoms with Gasteiger partial charge >= 0.3 is 0 Å². The van der Waals surface area contributed by atoms with Crippen LogP contribution in [0.4, 0.5) is 0 Å². The van der Waals surface area contributed by atoms with Gasteiger partial charge in [0.2, 0.25) is 0 Å². The predicted molar refractivity (Wildman–Crippen MR) is 139 cm³/mol. The van der Waals surface area contributed by atoms with Crippen molar-refractivity contribution in [2.24, 2.45) is 11.8 Å². The first-order valence-corrected chi connectivity index (χ1v) is 13.5. The summed E-state index contributed by atoms with van der Waals surface area (Å²) in [7, 11) is 6.60. The van der Waals surface area contributed by atoms with Gasteiger partial charge in [-0.15, -0.1) is 0 Å². The first-order chi connectivity index (χ1) is 16.0. The molecule has 2 saturated heterocycles. The van der Waals surface area contributed by atoms with Crippen LogP contribution >= 0.6 is 27.5 Å². The number of fused-ring (bicyclic) bond motifs is 2. The molecular formula is C26H32BBrClN3O. The molecule has 3 aliphatic rings. The normalized spacial score (nSPS) is 23.5. The topological polar surface area (TPSA) is 48.4 Å². The molecule has 0 saturated carbocycles. The number of aliphatic hydroxyl groups is 1. The van der Waals surface area contributed by atoms with Crippen LogP contribution in [0.15, 0.2) is 28.9 Å². The summed E-state index contributed by atoms with van der Waals surface area (Å²) >= 11 is 10.0. The molecule has 2 fully saturated rings. The van der Waals surface area contributed by atoms with Crippen LogP contribution in [0.3, 0.4) is 0 Å². The summed E-state index contributed by atoms with van der Waals surface area (Å²) in [6, 6.07) is 6.21. The maximum absolute atomic E-state index is 10.9. The minimum Gasteiger partial charge on any atom is -0.378 e. The highest BCUT2D eigenvalue weighted by Crippen LogP contribution is 2.42. The second kappa shape index (κ2) is 10.4. The Kier molecular flexibility index (Phi) is 7.48. The van der Waals surface area contributed by atoms with Gasteiger partial charge in [0.15, 0.2) is 0 Å². The lowest BCUT2D eigenvalue weighted by Crippen LogP contribution is -2.44. The number of rotatable bonds is 4. The molecule has 1 aromatic heterocycles. The zero-order valence-electron chi connectivity index (χ0n) is 19.1. The van der Waals surface area contributed by atoms with Crippen molar-refractivity contribution >= 4 is 40.8 Å². The van der Waals surface area contributed by atoms with E-state index in [1.54, 1.807) is 0 Å². The van der Waals surface area contributed by atoms with Gasteiger partial charge in [-0.2, -0.15) is 0 Å². The predicted octanol–water partition coefficient (Wildman–Crippen LogP) is 3.94. The number of nitrogens with zero attached hydrogens (tertiary/aromatic N) is 2. The van der Waals surface area contributed by atoms with E-state index in [9.17, 15) is 5.11 Å². The van der Waals surface area contributed by atoms with Gasteiger partial charge < -0.3 is 10.4 Å². The SMILES string of the molecule is [B]c1cc(Cl)cc2c1C(C1CCN(C(O)CC3CCNCC3)CC1)c1ncc(Br)cc1CC2. The van der Waals surface area contributed by atoms with Crippen LogP contribution in [0, 0.1) is 11.8 Å². The van der Waals surface area contributed by atoms with Gasteiger partial charge in [-0.05, 0) is 115 Å². The molecular weight excluding hydrogens is 496 g/mol. The highest BCUT2D eigenvalue weighted by molar-refractivity contribution is 9.10. The lowest BCUT2D eigenvalue weighted by Gasteiger charge is -2.40. The molecule has 5 rings (SSSR count). The Labute approximate surface area is 212 Å². The van der Waals surface area contributed by atoms with Crippen molar-refractivity contribution in [3.05, 3.63) is 56.3 Å². The van der Waals surface area contributed by atoms with Crippen molar-refractivity contribution < 1.29 is 5.11 Å². The molecule has 0 spiro atoms. The largest absolute Gasteiger partial charge is 0.378 e.